The van der Waals surface area contributed by atoms with Crippen molar-refractivity contribution >= 4 is 23.1 Å². The topological polar surface area (TPSA) is 208 Å². The maximum absolute atomic E-state index is 12.0. The van der Waals surface area contributed by atoms with Crippen LogP contribution in [0.3, 0.4) is 0 Å². The van der Waals surface area contributed by atoms with Gasteiger partial charge in [0.15, 0.2) is 17.4 Å². The Kier molecular flexibility index (Phi) is 3.66. The number of aliphatic hydroxyl groups excluding tert-OH is 2. The molecule has 13 heteroatoms. The van der Waals surface area contributed by atoms with Gasteiger partial charge in [0.25, 0.3) is 5.56 Å². The van der Waals surface area contributed by atoms with E-state index in [4.69, 9.17) is 16.0 Å². The van der Waals surface area contributed by atoms with Crippen molar-refractivity contribution in [1.29, 1.82) is 0 Å². The van der Waals surface area contributed by atoms with Gasteiger partial charge in [-0.05, 0) is 17.6 Å². The van der Waals surface area contributed by atoms with Crippen LogP contribution in [0.2, 0.25) is 0 Å². The molecule has 1 fully saturated rings. The van der Waals surface area contributed by atoms with Gasteiger partial charge in [-0.1, -0.05) is 0 Å². The van der Waals surface area contributed by atoms with Gasteiger partial charge in [-0.2, -0.15) is 4.98 Å². The highest BCUT2D eigenvalue weighted by Gasteiger charge is 2.53. The molecule has 128 valence electrons. The number of nitrogens with zero attached hydrogens (tertiary/aromatic N) is 6. The highest BCUT2D eigenvalue weighted by molar-refractivity contribution is 5.74. The van der Waals surface area contributed by atoms with Gasteiger partial charge < -0.3 is 25.8 Å². The van der Waals surface area contributed by atoms with E-state index in [1.54, 1.807) is 0 Å². The molecule has 0 aliphatic carbocycles. The van der Waals surface area contributed by atoms with Crippen LogP contribution in [-0.4, -0.2) is 59.3 Å². The molecule has 6 N–H and O–H groups in total. The predicted molar refractivity (Wildman–Crippen MR) is 79.0 cm³/mol. The van der Waals surface area contributed by atoms with E-state index >= 15 is 0 Å². The number of ether oxygens (including phenoxy) is 1. The highest BCUT2D eigenvalue weighted by atomic mass is 16.6. The third kappa shape index (κ3) is 2.19. The van der Waals surface area contributed by atoms with Crippen LogP contribution >= 0.6 is 0 Å². The van der Waals surface area contributed by atoms with E-state index in [2.05, 4.69) is 25.0 Å². The van der Waals surface area contributed by atoms with Gasteiger partial charge in [-0.25, -0.2) is 4.98 Å². The van der Waals surface area contributed by atoms with E-state index in [1.807, 2.05) is 0 Å². The lowest BCUT2D eigenvalue weighted by molar-refractivity contribution is -0.0942. The van der Waals surface area contributed by atoms with Gasteiger partial charge in [0.1, 0.15) is 17.8 Å². The number of hydrogen-bond acceptors (Lipinski definition) is 9. The van der Waals surface area contributed by atoms with Gasteiger partial charge in [-0.15, -0.1) is 0 Å². The van der Waals surface area contributed by atoms with E-state index < -0.39 is 36.2 Å². The fourth-order valence-electron chi connectivity index (χ4n) is 2.68. The standard InChI is InChI=1S/C11H14N8O5/c1-11(23)5(21)3(2-20)24-8(11)19-6-4(14-10(19)17-18-13)7(22)16-9(12)15-6/h3,5,8,20-21,23H,2H2,1H3,(H3,12,15,16,22)/t3-,5?,8-,11+/m1/s1. The number of azide groups is 1. The summed E-state index contributed by atoms with van der Waals surface area (Å²) in [6.45, 7) is 0.702. The van der Waals surface area contributed by atoms with Gasteiger partial charge in [0.2, 0.25) is 11.9 Å². The SMILES string of the molecule is C[C@]1(O)C(O)[C@@H](CO)O[C@H]1n1c(N=[N+]=[N-])nc2c(=O)[nH]c(N)nc21. The smallest absolute Gasteiger partial charge is 0.280 e. The summed E-state index contributed by atoms with van der Waals surface area (Å²) in [5, 5.41) is 33.3. The number of hydrogen-bond donors (Lipinski definition) is 5. The molecular weight excluding hydrogens is 324 g/mol. The number of nitrogen functional groups attached to an aromatic ring is 1. The van der Waals surface area contributed by atoms with Crippen molar-refractivity contribution in [2.75, 3.05) is 12.3 Å². The number of imidazole rings is 1. The zero-order valence-electron chi connectivity index (χ0n) is 12.4. The summed E-state index contributed by atoms with van der Waals surface area (Å²) in [6, 6.07) is 0. The lowest BCUT2D eigenvalue weighted by Gasteiger charge is -2.27. The first-order valence-electron chi connectivity index (χ1n) is 6.80. The first-order valence-corrected chi connectivity index (χ1v) is 6.80. The number of H-pyrrole nitrogens is 1. The van der Waals surface area contributed by atoms with E-state index in [1.165, 1.54) is 6.92 Å². The largest absolute Gasteiger partial charge is 0.394 e. The fraction of sp³-hybridized carbons (Fsp3) is 0.545. The maximum Gasteiger partial charge on any atom is 0.280 e. The lowest BCUT2D eigenvalue weighted by atomic mass is 9.96. The van der Waals surface area contributed by atoms with E-state index in [0.717, 1.165) is 4.57 Å². The van der Waals surface area contributed by atoms with Crippen molar-refractivity contribution in [1.82, 2.24) is 19.5 Å². The van der Waals surface area contributed by atoms with Gasteiger partial charge in [0.05, 0.1) is 6.61 Å². The molecule has 1 saturated heterocycles. The average Bonchev–Trinajstić information content (AvgIpc) is 2.96. The molecule has 1 aliphatic rings. The van der Waals surface area contributed by atoms with E-state index in [-0.39, 0.29) is 23.1 Å². The lowest BCUT2D eigenvalue weighted by Crippen LogP contribution is -2.44. The van der Waals surface area contributed by atoms with Crippen molar-refractivity contribution in [3.05, 3.63) is 20.8 Å². The Balaban J connectivity index is 2.30. The van der Waals surface area contributed by atoms with Crippen LogP contribution < -0.4 is 11.3 Å². The quantitative estimate of drug-likeness (QED) is 0.256. The Morgan fingerprint density at radius 2 is 2.29 bits per heavy atom. The van der Waals surface area contributed by atoms with Crippen molar-refractivity contribution in [2.24, 2.45) is 5.11 Å². The summed E-state index contributed by atoms with van der Waals surface area (Å²) in [4.78, 5) is 24.6. The predicted octanol–water partition coefficient (Wildman–Crippen LogP) is -1.35. The maximum atomic E-state index is 12.0. The van der Waals surface area contributed by atoms with Crippen LogP contribution in [0, 0.1) is 0 Å². The number of fused-ring (bicyclic) bond motifs is 1. The minimum absolute atomic E-state index is 0.102. The molecule has 24 heavy (non-hydrogen) atoms. The van der Waals surface area contributed by atoms with Crippen molar-refractivity contribution < 1.29 is 20.1 Å². The summed E-state index contributed by atoms with van der Waals surface area (Å²) in [5.41, 5.74) is 11.4. The molecule has 0 saturated carbocycles. The minimum atomic E-state index is -1.89. The third-order valence-electron chi connectivity index (χ3n) is 3.85. The molecule has 1 aliphatic heterocycles. The van der Waals surface area contributed by atoms with E-state index in [0.29, 0.717) is 0 Å². The Morgan fingerprint density at radius 1 is 1.58 bits per heavy atom. The Morgan fingerprint density at radius 3 is 2.88 bits per heavy atom. The van der Waals surface area contributed by atoms with E-state index in [9.17, 15) is 20.1 Å². The summed E-state index contributed by atoms with van der Waals surface area (Å²) < 4.78 is 6.51. The minimum Gasteiger partial charge on any atom is -0.394 e. The number of anilines is 1. The first-order chi connectivity index (χ1) is 11.3. The fourth-order valence-corrected chi connectivity index (χ4v) is 2.68. The second-order valence-electron chi connectivity index (χ2n) is 5.47. The second-order valence-corrected chi connectivity index (χ2v) is 5.47. The molecule has 2 aromatic rings. The summed E-state index contributed by atoms with van der Waals surface area (Å²) >= 11 is 0. The molecule has 2 aromatic heterocycles. The van der Waals surface area contributed by atoms with Crippen LogP contribution in [0.1, 0.15) is 13.2 Å². The van der Waals surface area contributed by atoms with Gasteiger partial charge >= 0.3 is 0 Å². The van der Waals surface area contributed by atoms with Crippen LogP contribution in [-0.2, 0) is 4.74 Å². The molecule has 0 radical (unpaired) electrons. The molecular formula is C11H14N8O5. The molecule has 3 heterocycles. The molecule has 4 atom stereocenters. The summed E-state index contributed by atoms with van der Waals surface area (Å²) in [7, 11) is 0. The molecule has 13 nitrogen and oxygen atoms in total. The summed E-state index contributed by atoms with van der Waals surface area (Å²) in [6.07, 6.45) is -3.87. The number of aliphatic hydroxyl groups is 3. The number of nitrogens with one attached hydrogen (secondary N) is 1. The molecule has 0 aromatic carbocycles. The van der Waals surface area contributed by atoms with Crippen molar-refractivity contribution in [3.63, 3.8) is 0 Å². The Bertz CT molecular complexity index is 898. The number of nitrogens with two attached hydrogens (primary N) is 1. The Labute approximate surface area is 133 Å². The summed E-state index contributed by atoms with van der Waals surface area (Å²) in [5.74, 6) is -0.537. The first kappa shape index (κ1) is 16.2. The molecule has 0 spiro atoms. The second kappa shape index (κ2) is 5.43. The number of aromatic nitrogens is 4. The zero-order chi connectivity index (χ0) is 17.6. The van der Waals surface area contributed by atoms with Gasteiger partial charge in [-0.3, -0.25) is 14.3 Å². The van der Waals surface area contributed by atoms with Crippen molar-refractivity contribution in [2.45, 2.75) is 31.0 Å². The van der Waals surface area contributed by atoms with Crippen LogP contribution in [0.5, 0.6) is 0 Å². The molecule has 0 amide bonds. The number of aromatic amines is 1. The number of rotatable bonds is 3. The Hall–Kier alpha value is -2.70. The van der Waals surface area contributed by atoms with Crippen LogP contribution in [0.25, 0.3) is 21.6 Å². The normalized spacial score (nSPS) is 29.8. The zero-order valence-corrected chi connectivity index (χ0v) is 12.4. The van der Waals surface area contributed by atoms with Crippen molar-refractivity contribution in [3.8, 4) is 0 Å². The molecule has 1 unspecified atom stereocenters. The van der Waals surface area contributed by atoms with Crippen LogP contribution in [0.15, 0.2) is 9.91 Å². The molecule has 0 bridgehead atoms. The van der Waals surface area contributed by atoms with Gasteiger partial charge in [0, 0.05) is 4.91 Å². The monoisotopic (exact) mass is 338 g/mol. The molecule has 3 rings (SSSR count). The highest BCUT2D eigenvalue weighted by Crippen LogP contribution is 2.41. The average molecular weight is 338 g/mol. The third-order valence-corrected chi connectivity index (χ3v) is 3.85. The van der Waals surface area contributed by atoms with Crippen LogP contribution in [0.4, 0.5) is 11.9 Å².